The number of hydrogen-bond donors (Lipinski definition) is 11. The Morgan fingerprint density at radius 3 is 1.89 bits per heavy atom. The molecule has 17 heteroatoms. The lowest BCUT2D eigenvalue weighted by atomic mass is 9.96. The lowest BCUT2D eigenvalue weighted by Gasteiger charge is -2.46. The molecule has 15 atom stereocenters. The van der Waals surface area contributed by atoms with Gasteiger partial charge in [0.25, 0.3) is 0 Å². The van der Waals surface area contributed by atoms with Crippen LogP contribution in [-0.4, -0.2) is 164 Å². The molecule has 17 nitrogen and oxygen atoms in total. The third kappa shape index (κ3) is 6.55. The molecule has 3 rings (SSSR count). The van der Waals surface area contributed by atoms with E-state index in [1.165, 1.54) is 0 Å². The first-order valence-electron chi connectivity index (χ1n) is 11.7. The van der Waals surface area contributed by atoms with Crippen LogP contribution in [0.25, 0.3) is 0 Å². The molecule has 3 aliphatic rings. The Balaban J connectivity index is 1.64. The molecule has 12 N–H and O–H groups in total. The molecule has 3 fully saturated rings. The van der Waals surface area contributed by atoms with Crippen LogP contribution in [0, 0.1) is 0 Å². The van der Waals surface area contributed by atoms with E-state index in [0.29, 0.717) is 0 Å². The van der Waals surface area contributed by atoms with Gasteiger partial charge in [-0.25, -0.2) is 0 Å². The predicted octanol–water partition coefficient (Wildman–Crippen LogP) is -7.46. The second-order valence-corrected chi connectivity index (χ2v) is 9.20. The van der Waals surface area contributed by atoms with E-state index >= 15 is 0 Å². The minimum absolute atomic E-state index is 0.555. The van der Waals surface area contributed by atoms with E-state index in [-0.39, 0.29) is 0 Å². The Bertz CT molecular complexity index is 749. The highest BCUT2D eigenvalue weighted by Gasteiger charge is 2.51. The summed E-state index contributed by atoms with van der Waals surface area (Å²) in [6.45, 7) is -0.775. The maximum Gasteiger partial charge on any atom is 0.217 e. The van der Waals surface area contributed by atoms with Crippen LogP contribution in [0.2, 0.25) is 0 Å². The van der Waals surface area contributed by atoms with Crippen molar-refractivity contribution in [3.63, 3.8) is 0 Å². The van der Waals surface area contributed by atoms with Crippen LogP contribution in [0.3, 0.4) is 0 Å². The normalized spacial score (nSPS) is 49.0. The Morgan fingerprint density at radius 2 is 1.32 bits per heavy atom. The van der Waals surface area contributed by atoms with E-state index in [2.05, 4.69) is 5.32 Å². The number of carbonyl (C=O) groups is 1. The van der Waals surface area contributed by atoms with Crippen LogP contribution in [0.1, 0.15) is 6.92 Å². The first-order chi connectivity index (χ1) is 17.4. The average molecular weight is 545 g/mol. The maximum atomic E-state index is 11.5. The molecule has 0 aromatic heterocycles. The number of hydrogen-bond acceptors (Lipinski definition) is 16. The number of ether oxygens (including phenoxy) is 5. The molecule has 0 saturated carbocycles. The molecule has 37 heavy (non-hydrogen) atoms. The summed E-state index contributed by atoms with van der Waals surface area (Å²) in [6.07, 6.45) is -20.1. The number of nitrogens with two attached hydrogens (primary N) is 1. The van der Waals surface area contributed by atoms with Crippen molar-refractivity contribution >= 4 is 5.91 Å². The highest BCUT2D eigenvalue weighted by Crippen LogP contribution is 2.29. The largest absolute Gasteiger partial charge is 0.394 e. The fraction of sp³-hybridized carbons (Fsp3) is 0.950. The predicted molar refractivity (Wildman–Crippen MR) is 115 cm³/mol. The SMILES string of the molecule is CC(=O)N[C@H]1[C@H](OC[C@H]2O[C@H](O)[C@@H](O[C@@H]3O[C@H](CO)[C@@H](O)[C@H](O)[C@H]3N)[C@@H](O)[C@@H]2O)O[C@H](CO)[C@@H](O)[C@@H]1O. The summed E-state index contributed by atoms with van der Waals surface area (Å²) in [7, 11) is 0. The van der Waals surface area contributed by atoms with Crippen molar-refractivity contribution in [2.75, 3.05) is 19.8 Å². The summed E-state index contributed by atoms with van der Waals surface area (Å²) in [5.41, 5.74) is 5.79. The van der Waals surface area contributed by atoms with Gasteiger partial charge in [-0.05, 0) is 0 Å². The molecule has 0 bridgehead atoms. The summed E-state index contributed by atoms with van der Waals surface area (Å²) in [5, 5.41) is 93.0. The van der Waals surface area contributed by atoms with Gasteiger partial charge in [0.2, 0.25) is 5.91 Å². The van der Waals surface area contributed by atoms with Gasteiger partial charge < -0.3 is 80.7 Å². The van der Waals surface area contributed by atoms with E-state index in [1.807, 2.05) is 0 Å². The molecule has 3 saturated heterocycles. The van der Waals surface area contributed by atoms with E-state index in [1.54, 1.807) is 0 Å². The monoisotopic (exact) mass is 544 g/mol. The van der Waals surface area contributed by atoms with Gasteiger partial charge in [-0.15, -0.1) is 0 Å². The molecule has 0 spiro atoms. The molecule has 3 aliphatic heterocycles. The molecule has 216 valence electrons. The fourth-order valence-corrected chi connectivity index (χ4v) is 4.39. The van der Waals surface area contributed by atoms with E-state index < -0.39 is 118 Å². The molecule has 1 amide bonds. The van der Waals surface area contributed by atoms with Crippen LogP contribution in [-0.2, 0) is 28.5 Å². The molecular weight excluding hydrogens is 508 g/mol. The topological polar surface area (TPSA) is 283 Å². The number of amides is 1. The second kappa shape index (κ2) is 12.8. The number of nitrogens with one attached hydrogen (secondary N) is 1. The van der Waals surface area contributed by atoms with Crippen molar-refractivity contribution in [3.8, 4) is 0 Å². The van der Waals surface area contributed by atoms with Gasteiger partial charge in [0.1, 0.15) is 67.1 Å². The van der Waals surface area contributed by atoms with Crippen LogP contribution in [0.4, 0.5) is 0 Å². The van der Waals surface area contributed by atoms with Crippen LogP contribution in [0.15, 0.2) is 0 Å². The summed E-state index contributed by atoms with van der Waals surface area (Å²) in [4.78, 5) is 11.5. The standard InChI is InChI=1S/C20H36N2O15/c1-5(25)22-10-15(30)12(27)7(3-24)36-20(10)33-4-8-13(28)16(31)17(18(32)34-8)37-19-9(21)14(29)11(26)6(2-23)35-19/h6-20,23-24,26-32H,2-4,21H2,1H3,(H,22,25)/t6-,7-,8-,9-,10-,11-,12-,13-,14-,15-,16+,17+,18+,19+,20-/m1/s1. The van der Waals surface area contributed by atoms with Crippen molar-refractivity contribution in [2.24, 2.45) is 5.73 Å². The van der Waals surface area contributed by atoms with Gasteiger partial charge in [-0.1, -0.05) is 0 Å². The lowest BCUT2D eigenvalue weighted by molar-refractivity contribution is -0.352. The Morgan fingerprint density at radius 1 is 0.784 bits per heavy atom. The molecule has 0 radical (unpaired) electrons. The summed E-state index contributed by atoms with van der Waals surface area (Å²) < 4.78 is 26.9. The van der Waals surface area contributed by atoms with E-state index in [9.17, 15) is 50.8 Å². The van der Waals surface area contributed by atoms with Gasteiger partial charge in [-0.3, -0.25) is 4.79 Å². The Kier molecular flexibility index (Phi) is 10.5. The van der Waals surface area contributed by atoms with Gasteiger partial charge in [-0.2, -0.15) is 0 Å². The van der Waals surface area contributed by atoms with Gasteiger partial charge in [0.15, 0.2) is 18.9 Å². The molecular formula is C20H36N2O15. The summed E-state index contributed by atoms with van der Waals surface area (Å²) in [5.74, 6) is -0.583. The number of aliphatic hydroxyl groups is 9. The van der Waals surface area contributed by atoms with E-state index in [4.69, 9.17) is 29.4 Å². The Labute approximate surface area is 210 Å². The number of carbonyl (C=O) groups excluding carboxylic acids is 1. The molecule has 0 aromatic rings. The first kappa shape index (κ1) is 30.4. The van der Waals surface area contributed by atoms with Crippen molar-refractivity contribution in [3.05, 3.63) is 0 Å². The molecule has 0 aromatic carbocycles. The fourth-order valence-electron chi connectivity index (χ4n) is 4.39. The average Bonchev–Trinajstić information content (AvgIpc) is 2.86. The van der Waals surface area contributed by atoms with Gasteiger partial charge in [0, 0.05) is 6.92 Å². The van der Waals surface area contributed by atoms with E-state index in [0.717, 1.165) is 6.92 Å². The van der Waals surface area contributed by atoms with Crippen molar-refractivity contribution in [2.45, 2.75) is 98.9 Å². The minimum atomic E-state index is -1.88. The third-order valence-electron chi connectivity index (χ3n) is 6.56. The number of rotatable bonds is 8. The zero-order chi connectivity index (χ0) is 27.6. The minimum Gasteiger partial charge on any atom is -0.394 e. The second-order valence-electron chi connectivity index (χ2n) is 9.20. The highest BCUT2D eigenvalue weighted by molar-refractivity contribution is 5.73. The van der Waals surface area contributed by atoms with Crippen molar-refractivity contribution in [1.82, 2.24) is 5.32 Å². The van der Waals surface area contributed by atoms with Crippen LogP contribution >= 0.6 is 0 Å². The smallest absolute Gasteiger partial charge is 0.217 e. The number of aliphatic hydroxyl groups excluding tert-OH is 9. The lowest BCUT2D eigenvalue weighted by Crippen LogP contribution is -2.67. The Hall–Kier alpha value is -1.13. The quantitative estimate of drug-likeness (QED) is 0.135. The summed E-state index contributed by atoms with van der Waals surface area (Å²) in [6, 6.07) is -2.61. The molecule has 3 heterocycles. The van der Waals surface area contributed by atoms with Crippen LogP contribution < -0.4 is 11.1 Å². The van der Waals surface area contributed by atoms with Crippen LogP contribution in [0.5, 0.6) is 0 Å². The summed E-state index contributed by atoms with van der Waals surface area (Å²) >= 11 is 0. The first-order valence-corrected chi connectivity index (χ1v) is 11.7. The highest BCUT2D eigenvalue weighted by atomic mass is 16.7. The van der Waals surface area contributed by atoms with Crippen molar-refractivity contribution in [1.29, 1.82) is 0 Å². The third-order valence-corrected chi connectivity index (χ3v) is 6.56. The zero-order valence-electron chi connectivity index (χ0n) is 19.8. The van der Waals surface area contributed by atoms with Crippen molar-refractivity contribution < 1.29 is 74.4 Å². The van der Waals surface area contributed by atoms with Gasteiger partial charge in [0.05, 0.1) is 25.9 Å². The van der Waals surface area contributed by atoms with Gasteiger partial charge >= 0.3 is 0 Å². The maximum absolute atomic E-state index is 11.5. The molecule has 0 unspecified atom stereocenters. The molecule has 0 aliphatic carbocycles. The zero-order valence-corrected chi connectivity index (χ0v) is 19.8.